The lowest BCUT2D eigenvalue weighted by atomic mass is 9.87. The number of halogens is 1. The minimum Gasteiger partial charge on any atom is -0.118 e. The molecule has 96 valence electrons. The van der Waals surface area contributed by atoms with Crippen LogP contribution >= 0.6 is 11.6 Å². The lowest BCUT2D eigenvalue weighted by Crippen LogP contribution is -2.12. The molecule has 0 nitrogen and oxygen atoms in total. The minimum atomic E-state index is 0.136. The van der Waals surface area contributed by atoms with Crippen molar-refractivity contribution in [1.29, 1.82) is 0 Å². The molecule has 17 heavy (non-hydrogen) atoms. The first-order valence-electron chi connectivity index (χ1n) is 6.76. The van der Waals surface area contributed by atoms with E-state index in [1.165, 1.54) is 16.7 Å². The summed E-state index contributed by atoms with van der Waals surface area (Å²) < 4.78 is 0. The number of hydrogen-bond acceptors (Lipinski definition) is 0. The summed E-state index contributed by atoms with van der Waals surface area (Å²) in [5.74, 6) is 1.13. The Morgan fingerprint density at radius 2 is 1.71 bits per heavy atom. The van der Waals surface area contributed by atoms with E-state index in [0.717, 1.165) is 12.8 Å². The third kappa shape index (κ3) is 3.48. The fourth-order valence-corrected chi connectivity index (χ4v) is 2.56. The first kappa shape index (κ1) is 14.6. The second kappa shape index (κ2) is 6.44. The van der Waals surface area contributed by atoms with Gasteiger partial charge in [0, 0.05) is 0 Å². The van der Waals surface area contributed by atoms with Crippen LogP contribution in [0.3, 0.4) is 0 Å². The highest BCUT2D eigenvalue weighted by atomic mass is 35.5. The second-order valence-electron chi connectivity index (χ2n) is 5.25. The minimum absolute atomic E-state index is 0.136. The van der Waals surface area contributed by atoms with E-state index in [4.69, 9.17) is 11.6 Å². The number of aryl methyl sites for hydroxylation is 2. The summed E-state index contributed by atoms with van der Waals surface area (Å²) in [7, 11) is 0. The van der Waals surface area contributed by atoms with E-state index < -0.39 is 0 Å². The third-order valence-corrected chi connectivity index (χ3v) is 4.44. The Hall–Kier alpha value is -0.490. The van der Waals surface area contributed by atoms with Crippen LogP contribution in [0.5, 0.6) is 0 Å². The normalized spacial score (nSPS) is 15.0. The maximum absolute atomic E-state index is 6.66. The van der Waals surface area contributed by atoms with Crippen molar-refractivity contribution >= 4 is 11.6 Å². The van der Waals surface area contributed by atoms with E-state index >= 15 is 0 Å². The summed E-state index contributed by atoms with van der Waals surface area (Å²) in [6.45, 7) is 11.1. The van der Waals surface area contributed by atoms with Gasteiger partial charge in [-0.3, -0.25) is 0 Å². The van der Waals surface area contributed by atoms with Gasteiger partial charge in [0.15, 0.2) is 0 Å². The van der Waals surface area contributed by atoms with Crippen molar-refractivity contribution in [2.45, 2.75) is 52.8 Å². The molecule has 0 aromatic heterocycles. The van der Waals surface area contributed by atoms with Crippen molar-refractivity contribution in [3.05, 3.63) is 34.9 Å². The maximum Gasteiger partial charge on any atom is 0.0615 e. The lowest BCUT2D eigenvalue weighted by Gasteiger charge is -2.24. The average Bonchev–Trinajstić information content (AvgIpc) is 2.35. The van der Waals surface area contributed by atoms with E-state index in [9.17, 15) is 0 Å². The van der Waals surface area contributed by atoms with Crippen LogP contribution in [0.25, 0.3) is 0 Å². The first-order valence-corrected chi connectivity index (χ1v) is 7.20. The highest BCUT2D eigenvalue weighted by molar-refractivity contribution is 6.21. The predicted molar refractivity (Wildman–Crippen MR) is 77.8 cm³/mol. The first-order chi connectivity index (χ1) is 8.01. The molecular weight excluding hydrogens is 228 g/mol. The van der Waals surface area contributed by atoms with Crippen LogP contribution < -0.4 is 0 Å². The summed E-state index contributed by atoms with van der Waals surface area (Å²) in [5, 5.41) is 0.136. The fraction of sp³-hybridized carbons (Fsp3) is 0.625. The molecule has 0 fully saturated rings. The van der Waals surface area contributed by atoms with Crippen LogP contribution in [0.2, 0.25) is 0 Å². The van der Waals surface area contributed by atoms with Gasteiger partial charge in [-0.2, -0.15) is 0 Å². The molecule has 0 bridgehead atoms. The SMILES string of the molecule is CCc1ccc(CC)c(C(Cl)C(C)C(C)C)c1. The highest BCUT2D eigenvalue weighted by Crippen LogP contribution is 2.36. The molecule has 1 aromatic carbocycles. The lowest BCUT2D eigenvalue weighted by molar-refractivity contribution is 0.405. The summed E-state index contributed by atoms with van der Waals surface area (Å²) >= 11 is 6.66. The quantitative estimate of drug-likeness (QED) is 0.617. The molecule has 0 aliphatic rings. The standard InChI is InChI=1S/C16H25Cl/c1-6-13-8-9-14(7-2)15(10-13)16(17)12(5)11(3)4/h8-12,16H,6-7H2,1-5H3. The monoisotopic (exact) mass is 252 g/mol. The molecule has 2 unspecified atom stereocenters. The van der Waals surface area contributed by atoms with Crippen molar-refractivity contribution in [1.82, 2.24) is 0 Å². The molecule has 0 saturated carbocycles. The van der Waals surface area contributed by atoms with Gasteiger partial charge in [-0.25, -0.2) is 0 Å². The fourth-order valence-electron chi connectivity index (χ4n) is 2.06. The summed E-state index contributed by atoms with van der Waals surface area (Å²) in [5.41, 5.74) is 4.13. The molecule has 1 rings (SSSR count). The Kier molecular flexibility index (Phi) is 5.52. The van der Waals surface area contributed by atoms with Gasteiger partial charge in [0.1, 0.15) is 0 Å². The Morgan fingerprint density at radius 3 is 2.18 bits per heavy atom. The zero-order valence-electron chi connectivity index (χ0n) is 11.8. The van der Waals surface area contributed by atoms with Crippen LogP contribution in [0.4, 0.5) is 0 Å². The molecule has 0 aliphatic heterocycles. The third-order valence-electron chi connectivity index (χ3n) is 3.81. The molecule has 0 N–H and O–H groups in total. The van der Waals surface area contributed by atoms with Crippen LogP contribution in [0, 0.1) is 11.8 Å². The van der Waals surface area contributed by atoms with E-state index in [1.54, 1.807) is 0 Å². The van der Waals surface area contributed by atoms with Crippen molar-refractivity contribution < 1.29 is 0 Å². The van der Waals surface area contributed by atoms with Crippen LogP contribution in [0.15, 0.2) is 18.2 Å². The molecule has 2 atom stereocenters. The molecule has 1 aromatic rings. The topological polar surface area (TPSA) is 0 Å². The zero-order valence-corrected chi connectivity index (χ0v) is 12.5. The molecule has 0 aliphatic carbocycles. The Morgan fingerprint density at radius 1 is 1.06 bits per heavy atom. The van der Waals surface area contributed by atoms with Gasteiger partial charge in [-0.15, -0.1) is 11.6 Å². The molecule has 0 heterocycles. The molecular formula is C16H25Cl. The Bertz CT molecular complexity index is 355. The van der Waals surface area contributed by atoms with Gasteiger partial charge in [-0.05, 0) is 41.4 Å². The van der Waals surface area contributed by atoms with Crippen molar-refractivity contribution in [2.75, 3.05) is 0 Å². The maximum atomic E-state index is 6.66. The summed E-state index contributed by atoms with van der Waals surface area (Å²) in [4.78, 5) is 0. The van der Waals surface area contributed by atoms with Gasteiger partial charge in [0.25, 0.3) is 0 Å². The Balaban J connectivity index is 3.09. The molecule has 0 spiro atoms. The van der Waals surface area contributed by atoms with Crippen LogP contribution in [-0.2, 0) is 12.8 Å². The summed E-state index contributed by atoms with van der Waals surface area (Å²) in [6.07, 6.45) is 2.14. The molecule has 0 saturated heterocycles. The van der Waals surface area contributed by atoms with Gasteiger partial charge in [0.05, 0.1) is 5.38 Å². The summed E-state index contributed by atoms with van der Waals surface area (Å²) in [6, 6.07) is 6.78. The van der Waals surface area contributed by atoms with E-state index in [0.29, 0.717) is 11.8 Å². The number of rotatable bonds is 5. The highest BCUT2D eigenvalue weighted by Gasteiger charge is 2.21. The van der Waals surface area contributed by atoms with Crippen molar-refractivity contribution in [3.63, 3.8) is 0 Å². The van der Waals surface area contributed by atoms with E-state index in [-0.39, 0.29) is 5.38 Å². The second-order valence-corrected chi connectivity index (χ2v) is 5.72. The van der Waals surface area contributed by atoms with E-state index in [2.05, 4.69) is 52.8 Å². The van der Waals surface area contributed by atoms with Gasteiger partial charge < -0.3 is 0 Å². The van der Waals surface area contributed by atoms with Crippen LogP contribution in [-0.4, -0.2) is 0 Å². The molecule has 1 heteroatoms. The molecule has 0 amide bonds. The van der Waals surface area contributed by atoms with Gasteiger partial charge in [0.2, 0.25) is 0 Å². The van der Waals surface area contributed by atoms with Gasteiger partial charge >= 0.3 is 0 Å². The zero-order chi connectivity index (χ0) is 13.0. The van der Waals surface area contributed by atoms with Crippen LogP contribution in [0.1, 0.15) is 56.7 Å². The number of benzene rings is 1. The van der Waals surface area contributed by atoms with E-state index in [1.807, 2.05) is 0 Å². The largest absolute Gasteiger partial charge is 0.118 e. The number of alkyl halides is 1. The van der Waals surface area contributed by atoms with Gasteiger partial charge in [-0.1, -0.05) is 52.8 Å². The van der Waals surface area contributed by atoms with Crippen molar-refractivity contribution in [2.24, 2.45) is 11.8 Å². The van der Waals surface area contributed by atoms with Crippen molar-refractivity contribution in [3.8, 4) is 0 Å². The molecule has 0 radical (unpaired) electrons. The smallest absolute Gasteiger partial charge is 0.0615 e. The predicted octanol–water partition coefficient (Wildman–Crippen LogP) is 5.38. The number of hydrogen-bond donors (Lipinski definition) is 0. The average molecular weight is 253 g/mol. The Labute approximate surface area is 111 Å².